The fourth-order valence-electron chi connectivity index (χ4n) is 3.19. The van der Waals surface area contributed by atoms with E-state index in [9.17, 15) is 9.59 Å². The van der Waals surface area contributed by atoms with Crippen molar-refractivity contribution in [3.05, 3.63) is 22.8 Å². The van der Waals surface area contributed by atoms with E-state index >= 15 is 0 Å². The van der Waals surface area contributed by atoms with Gasteiger partial charge in [-0.25, -0.2) is 0 Å². The molecule has 0 heterocycles. The van der Waals surface area contributed by atoms with Gasteiger partial charge in [-0.3, -0.25) is 9.59 Å². The highest BCUT2D eigenvalue weighted by molar-refractivity contribution is 6.16. The third-order valence-electron chi connectivity index (χ3n) is 4.28. The van der Waals surface area contributed by atoms with Crippen LogP contribution >= 0.6 is 0 Å². The van der Waals surface area contributed by atoms with E-state index in [4.69, 9.17) is 0 Å². The molecule has 0 aliphatic heterocycles. The molecule has 2 nitrogen and oxygen atoms in total. The summed E-state index contributed by atoms with van der Waals surface area (Å²) < 4.78 is 0. The number of Topliss-reactive ketones (excluding diaryl/α,β-unsaturated/α-hetero) is 2. The van der Waals surface area contributed by atoms with Crippen molar-refractivity contribution in [2.45, 2.75) is 41.0 Å². The Balaban J connectivity index is 2.44. The number of carbonyl (C=O) groups excluding carboxylic acids is 2. The molecule has 98 valence electrons. The fraction of sp³-hybridized carbons (Fsp3) is 0.625. The van der Waals surface area contributed by atoms with Gasteiger partial charge in [0.15, 0.2) is 11.6 Å². The fourth-order valence-corrected chi connectivity index (χ4v) is 3.19. The molecule has 0 N–H and O–H groups in total. The molecule has 0 saturated carbocycles. The van der Waals surface area contributed by atoms with Crippen molar-refractivity contribution in [1.29, 1.82) is 0 Å². The first-order valence-corrected chi connectivity index (χ1v) is 6.84. The lowest BCUT2D eigenvalue weighted by atomic mass is 9.74. The first kappa shape index (κ1) is 13.3. The van der Waals surface area contributed by atoms with Gasteiger partial charge >= 0.3 is 0 Å². The number of hydrogen-bond donors (Lipinski definition) is 0. The van der Waals surface area contributed by atoms with Gasteiger partial charge in [0.25, 0.3) is 0 Å². The molecule has 3 atom stereocenters. The summed E-state index contributed by atoms with van der Waals surface area (Å²) in [5.41, 5.74) is 3.17. The summed E-state index contributed by atoms with van der Waals surface area (Å²) in [6.07, 6.45) is 3.08. The van der Waals surface area contributed by atoms with Gasteiger partial charge in [-0.05, 0) is 31.8 Å². The maximum absolute atomic E-state index is 12.4. The van der Waals surface area contributed by atoms with Crippen LogP contribution in [0, 0.1) is 23.7 Å². The summed E-state index contributed by atoms with van der Waals surface area (Å²) >= 11 is 0. The highest BCUT2D eigenvalue weighted by atomic mass is 16.2. The molecule has 0 amide bonds. The first-order chi connectivity index (χ1) is 8.34. The van der Waals surface area contributed by atoms with E-state index in [1.807, 2.05) is 6.92 Å². The monoisotopic (exact) mass is 246 g/mol. The normalized spacial score (nSPS) is 32.1. The third kappa shape index (κ3) is 1.88. The van der Waals surface area contributed by atoms with Crippen molar-refractivity contribution < 1.29 is 9.59 Å². The third-order valence-corrected chi connectivity index (χ3v) is 4.28. The van der Waals surface area contributed by atoms with Crippen molar-refractivity contribution in [3.8, 4) is 0 Å². The quantitative estimate of drug-likeness (QED) is 0.700. The Labute approximate surface area is 109 Å². The maximum Gasteiger partial charge on any atom is 0.169 e. The van der Waals surface area contributed by atoms with Crippen LogP contribution < -0.4 is 0 Å². The molecule has 0 radical (unpaired) electrons. The molecule has 0 saturated heterocycles. The van der Waals surface area contributed by atoms with Crippen LogP contribution in [0.2, 0.25) is 0 Å². The molecular weight excluding hydrogens is 224 g/mol. The molecule has 2 aliphatic rings. The summed E-state index contributed by atoms with van der Waals surface area (Å²) in [6.45, 7) is 10.1. The minimum Gasteiger partial charge on any atom is -0.298 e. The Bertz CT molecular complexity index is 465. The number of allylic oxidation sites excluding steroid dienone is 4. The number of rotatable bonds is 2. The lowest BCUT2D eigenvalue weighted by Gasteiger charge is -2.27. The largest absolute Gasteiger partial charge is 0.298 e. The smallest absolute Gasteiger partial charge is 0.169 e. The van der Waals surface area contributed by atoms with Crippen molar-refractivity contribution >= 4 is 11.6 Å². The zero-order chi connectivity index (χ0) is 13.6. The van der Waals surface area contributed by atoms with Crippen molar-refractivity contribution in [1.82, 2.24) is 0 Å². The first-order valence-electron chi connectivity index (χ1n) is 6.84. The molecule has 3 unspecified atom stereocenters. The molecule has 0 aromatic rings. The van der Waals surface area contributed by atoms with Crippen molar-refractivity contribution in [3.63, 3.8) is 0 Å². The molecule has 0 bridgehead atoms. The second-order valence-corrected chi connectivity index (χ2v) is 6.15. The molecule has 0 aromatic heterocycles. The van der Waals surface area contributed by atoms with Crippen LogP contribution in [0.1, 0.15) is 41.0 Å². The van der Waals surface area contributed by atoms with Crippen LogP contribution in [0.4, 0.5) is 0 Å². The van der Waals surface area contributed by atoms with Gasteiger partial charge in [-0.1, -0.05) is 32.4 Å². The lowest BCUT2D eigenvalue weighted by Crippen LogP contribution is -2.35. The number of ketones is 2. The van der Waals surface area contributed by atoms with E-state index in [-0.39, 0.29) is 23.4 Å². The molecule has 0 fully saturated rings. The van der Waals surface area contributed by atoms with Crippen LogP contribution in [0.3, 0.4) is 0 Å². The second-order valence-electron chi connectivity index (χ2n) is 6.15. The Hall–Kier alpha value is -1.18. The molecule has 0 aromatic carbocycles. The molecular formula is C16H22O2. The number of hydrogen-bond acceptors (Lipinski definition) is 2. The van der Waals surface area contributed by atoms with Gasteiger partial charge in [0.05, 0.1) is 5.92 Å². The predicted octanol–water partition coefficient (Wildman–Crippen LogP) is 3.33. The molecule has 18 heavy (non-hydrogen) atoms. The molecule has 2 aliphatic carbocycles. The highest BCUT2D eigenvalue weighted by Gasteiger charge is 2.42. The second kappa shape index (κ2) is 4.49. The summed E-state index contributed by atoms with van der Waals surface area (Å²) in [6, 6.07) is 0. The van der Waals surface area contributed by atoms with Gasteiger partial charge in [0, 0.05) is 17.4 Å². The summed E-state index contributed by atoms with van der Waals surface area (Å²) in [7, 11) is 0. The topological polar surface area (TPSA) is 34.1 Å². The Morgan fingerprint density at radius 1 is 1.17 bits per heavy atom. The highest BCUT2D eigenvalue weighted by Crippen LogP contribution is 2.43. The van der Waals surface area contributed by atoms with Crippen LogP contribution in [-0.2, 0) is 9.59 Å². The maximum atomic E-state index is 12.4. The molecule has 2 rings (SSSR count). The summed E-state index contributed by atoms with van der Waals surface area (Å²) in [4.78, 5) is 24.4. The van der Waals surface area contributed by atoms with Crippen molar-refractivity contribution in [2.75, 3.05) is 0 Å². The van der Waals surface area contributed by atoms with E-state index in [2.05, 4.69) is 26.8 Å². The summed E-state index contributed by atoms with van der Waals surface area (Å²) in [5, 5.41) is 0. The van der Waals surface area contributed by atoms with E-state index in [1.165, 1.54) is 5.57 Å². The SMILES string of the molecule is CC1=CC2=C(C(=O)C(C)C(=O)C2C)C1CC(C)C. The average Bonchev–Trinajstić information content (AvgIpc) is 2.61. The van der Waals surface area contributed by atoms with Gasteiger partial charge in [-0.15, -0.1) is 0 Å². The van der Waals surface area contributed by atoms with Crippen LogP contribution in [0.15, 0.2) is 22.8 Å². The Kier molecular flexibility index (Phi) is 3.31. The molecule has 2 heteroatoms. The van der Waals surface area contributed by atoms with Crippen LogP contribution in [0.5, 0.6) is 0 Å². The zero-order valence-electron chi connectivity index (χ0n) is 11.9. The van der Waals surface area contributed by atoms with Gasteiger partial charge < -0.3 is 0 Å². The molecule has 0 spiro atoms. The van der Waals surface area contributed by atoms with Crippen molar-refractivity contribution in [2.24, 2.45) is 23.7 Å². The van der Waals surface area contributed by atoms with E-state index < -0.39 is 5.92 Å². The zero-order valence-corrected chi connectivity index (χ0v) is 11.9. The predicted molar refractivity (Wildman–Crippen MR) is 72.1 cm³/mol. The van der Waals surface area contributed by atoms with Gasteiger partial charge in [0.1, 0.15) is 0 Å². The minimum atomic E-state index is -0.451. The average molecular weight is 246 g/mol. The van der Waals surface area contributed by atoms with E-state index in [0.717, 1.165) is 17.6 Å². The minimum absolute atomic E-state index is 0.0619. The van der Waals surface area contributed by atoms with Crippen LogP contribution in [0.25, 0.3) is 0 Å². The Morgan fingerprint density at radius 2 is 1.78 bits per heavy atom. The van der Waals surface area contributed by atoms with E-state index in [0.29, 0.717) is 5.92 Å². The van der Waals surface area contributed by atoms with E-state index in [1.54, 1.807) is 6.92 Å². The van der Waals surface area contributed by atoms with Gasteiger partial charge in [-0.2, -0.15) is 0 Å². The lowest BCUT2D eigenvalue weighted by molar-refractivity contribution is -0.133. The standard InChI is InChI=1S/C16H22O2/c1-8(2)6-12-9(3)7-13-10(4)15(17)11(5)16(18)14(12)13/h7-8,10-12H,6H2,1-5H3. The number of carbonyl (C=O) groups is 2. The van der Waals surface area contributed by atoms with Gasteiger partial charge in [0.2, 0.25) is 0 Å². The Morgan fingerprint density at radius 3 is 2.33 bits per heavy atom. The van der Waals surface area contributed by atoms with Crippen LogP contribution in [-0.4, -0.2) is 11.6 Å². The summed E-state index contributed by atoms with van der Waals surface area (Å²) in [5.74, 6) is 0.374.